The summed E-state index contributed by atoms with van der Waals surface area (Å²) in [5, 5.41) is 11.4. The molecule has 2 amide bonds. The number of aromatic nitrogens is 3. The predicted octanol–water partition coefficient (Wildman–Crippen LogP) is 4.67. The Morgan fingerprint density at radius 1 is 1.12 bits per heavy atom. The Morgan fingerprint density at radius 3 is 2.59 bits per heavy atom. The van der Waals surface area contributed by atoms with Crippen LogP contribution in [-0.2, 0) is 4.79 Å². The molecule has 34 heavy (non-hydrogen) atoms. The molecule has 0 aliphatic carbocycles. The third kappa shape index (κ3) is 4.87. The van der Waals surface area contributed by atoms with Gasteiger partial charge in [-0.25, -0.2) is 14.1 Å². The molecule has 0 fully saturated rings. The molecule has 8 nitrogen and oxygen atoms in total. The second-order valence-electron chi connectivity index (χ2n) is 7.23. The highest BCUT2D eigenvalue weighted by atomic mass is 35.5. The first-order valence-electron chi connectivity index (χ1n) is 9.93. The molecule has 0 aliphatic rings. The van der Waals surface area contributed by atoms with E-state index in [0.717, 1.165) is 11.3 Å². The van der Waals surface area contributed by atoms with Gasteiger partial charge in [-0.2, -0.15) is 5.10 Å². The molecule has 0 saturated carbocycles. The molecular formula is C23H17ClFN5O3S. The van der Waals surface area contributed by atoms with Gasteiger partial charge in [0.15, 0.2) is 10.8 Å². The highest BCUT2D eigenvalue weighted by Crippen LogP contribution is 2.29. The molecule has 2 aromatic carbocycles. The number of anilines is 2. The Hall–Kier alpha value is -3.89. The number of hydrogen-bond donors (Lipinski definition) is 2. The predicted molar refractivity (Wildman–Crippen MR) is 129 cm³/mol. The summed E-state index contributed by atoms with van der Waals surface area (Å²) in [6.07, 6.45) is 0. The van der Waals surface area contributed by atoms with Crippen LogP contribution in [0.1, 0.15) is 23.1 Å². The zero-order valence-corrected chi connectivity index (χ0v) is 19.5. The maximum absolute atomic E-state index is 14.5. The maximum atomic E-state index is 14.5. The van der Waals surface area contributed by atoms with Gasteiger partial charge >= 0.3 is 0 Å². The van der Waals surface area contributed by atoms with Crippen molar-refractivity contribution in [2.45, 2.75) is 13.8 Å². The van der Waals surface area contributed by atoms with E-state index < -0.39 is 17.2 Å². The number of halogens is 2. The number of para-hydroxylation sites is 1. The van der Waals surface area contributed by atoms with Crippen LogP contribution in [0.25, 0.3) is 16.9 Å². The number of thiazole rings is 1. The third-order valence-electron chi connectivity index (χ3n) is 4.69. The molecule has 11 heteroatoms. The fourth-order valence-electron chi connectivity index (χ4n) is 3.19. The van der Waals surface area contributed by atoms with E-state index in [1.807, 2.05) is 0 Å². The summed E-state index contributed by atoms with van der Waals surface area (Å²) in [6.45, 7) is 3.01. The van der Waals surface area contributed by atoms with Crippen LogP contribution in [0.5, 0.6) is 0 Å². The first-order valence-corrected chi connectivity index (χ1v) is 11.2. The Bertz CT molecular complexity index is 1480. The van der Waals surface area contributed by atoms with Crippen molar-refractivity contribution in [1.29, 1.82) is 0 Å². The Balaban J connectivity index is 1.59. The van der Waals surface area contributed by atoms with E-state index in [-0.39, 0.29) is 28.0 Å². The molecule has 2 N–H and O–H groups in total. The van der Waals surface area contributed by atoms with Crippen LogP contribution >= 0.6 is 22.9 Å². The lowest BCUT2D eigenvalue weighted by Gasteiger charge is -2.12. The van der Waals surface area contributed by atoms with E-state index >= 15 is 0 Å². The minimum Gasteiger partial charge on any atom is -0.326 e. The molecule has 2 heterocycles. The second kappa shape index (κ2) is 9.54. The lowest BCUT2D eigenvalue weighted by Crippen LogP contribution is -2.27. The van der Waals surface area contributed by atoms with E-state index in [0.29, 0.717) is 22.1 Å². The standard InChI is InChI=1S/C23H17ClFN5O3S/c1-12-9-20(32)21(29-30(12)19-6-4-3-5-16(19)24)22(33)28-23-27-18(11-34-23)15-8-7-14(10-17(15)25)26-13(2)31/h3-11H,1-2H3,(H,26,31)(H,27,28,33). The van der Waals surface area contributed by atoms with Gasteiger partial charge in [-0.1, -0.05) is 23.7 Å². The van der Waals surface area contributed by atoms with Crippen molar-refractivity contribution in [2.75, 3.05) is 10.6 Å². The topological polar surface area (TPSA) is 106 Å². The van der Waals surface area contributed by atoms with Gasteiger partial charge in [0.2, 0.25) is 11.3 Å². The minimum absolute atomic E-state index is 0.163. The van der Waals surface area contributed by atoms with Crippen LogP contribution in [0.4, 0.5) is 15.2 Å². The lowest BCUT2D eigenvalue weighted by atomic mass is 10.1. The number of carbonyl (C=O) groups excluding carboxylic acids is 2. The van der Waals surface area contributed by atoms with Crippen LogP contribution in [0.3, 0.4) is 0 Å². The Kier molecular flexibility index (Phi) is 6.53. The van der Waals surface area contributed by atoms with Gasteiger partial charge in [-0.15, -0.1) is 11.3 Å². The number of rotatable bonds is 5. The molecule has 4 aromatic rings. The van der Waals surface area contributed by atoms with Crippen molar-refractivity contribution in [3.63, 3.8) is 0 Å². The van der Waals surface area contributed by atoms with Gasteiger partial charge in [-0.3, -0.25) is 19.7 Å². The van der Waals surface area contributed by atoms with Crippen LogP contribution < -0.4 is 16.1 Å². The molecule has 0 aliphatic heterocycles. The summed E-state index contributed by atoms with van der Waals surface area (Å²) >= 11 is 7.31. The summed E-state index contributed by atoms with van der Waals surface area (Å²) in [4.78, 5) is 40.6. The largest absolute Gasteiger partial charge is 0.326 e. The summed E-state index contributed by atoms with van der Waals surface area (Å²) in [7, 11) is 0. The lowest BCUT2D eigenvalue weighted by molar-refractivity contribution is -0.114. The number of nitrogens with zero attached hydrogens (tertiary/aromatic N) is 3. The van der Waals surface area contributed by atoms with Gasteiger partial charge in [0.1, 0.15) is 5.82 Å². The molecule has 4 rings (SSSR count). The summed E-state index contributed by atoms with van der Waals surface area (Å²) < 4.78 is 15.9. The first kappa shape index (κ1) is 23.3. The van der Waals surface area contributed by atoms with Gasteiger partial charge in [0.05, 0.1) is 16.4 Å². The minimum atomic E-state index is -0.756. The molecule has 0 radical (unpaired) electrons. The van der Waals surface area contributed by atoms with E-state index in [2.05, 4.69) is 20.7 Å². The number of hydrogen-bond acceptors (Lipinski definition) is 6. The van der Waals surface area contributed by atoms with Gasteiger partial charge < -0.3 is 5.32 Å². The average molecular weight is 498 g/mol. The fraction of sp³-hybridized carbons (Fsp3) is 0.0870. The van der Waals surface area contributed by atoms with E-state index in [1.54, 1.807) is 42.6 Å². The van der Waals surface area contributed by atoms with Crippen molar-refractivity contribution in [2.24, 2.45) is 0 Å². The molecular weight excluding hydrogens is 481 g/mol. The molecule has 172 valence electrons. The highest BCUT2D eigenvalue weighted by Gasteiger charge is 2.18. The van der Waals surface area contributed by atoms with Crippen molar-refractivity contribution in [3.8, 4) is 16.9 Å². The Labute approximate surface area is 202 Å². The first-order chi connectivity index (χ1) is 16.2. The zero-order chi connectivity index (χ0) is 24.4. The maximum Gasteiger partial charge on any atom is 0.281 e. The number of benzene rings is 2. The molecule has 0 unspecified atom stereocenters. The normalized spacial score (nSPS) is 10.7. The number of carbonyl (C=O) groups is 2. The molecule has 0 spiro atoms. The second-order valence-corrected chi connectivity index (χ2v) is 8.49. The molecule has 2 aromatic heterocycles. The third-order valence-corrected chi connectivity index (χ3v) is 5.77. The number of aryl methyl sites for hydroxylation is 1. The quantitative estimate of drug-likeness (QED) is 0.417. The van der Waals surface area contributed by atoms with E-state index in [4.69, 9.17) is 11.6 Å². The summed E-state index contributed by atoms with van der Waals surface area (Å²) in [5.74, 6) is -1.66. The molecule has 0 saturated heterocycles. The zero-order valence-electron chi connectivity index (χ0n) is 17.9. The van der Waals surface area contributed by atoms with Gasteiger partial charge in [-0.05, 0) is 37.3 Å². The van der Waals surface area contributed by atoms with Crippen LogP contribution in [0.15, 0.2) is 58.7 Å². The Morgan fingerprint density at radius 2 is 1.88 bits per heavy atom. The SMILES string of the molecule is CC(=O)Nc1ccc(-c2csc(NC(=O)c3nn(-c4ccccc4Cl)c(C)cc3=O)n2)c(F)c1. The fourth-order valence-corrected chi connectivity index (χ4v) is 4.11. The van der Waals surface area contributed by atoms with Crippen molar-refractivity contribution < 1.29 is 14.0 Å². The highest BCUT2D eigenvalue weighted by molar-refractivity contribution is 7.14. The molecule has 0 bridgehead atoms. The van der Waals surface area contributed by atoms with Crippen LogP contribution in [0, 0.1) is 12.7 Å². The summed E-state index contributed by atoms with van der Waals surface area (Å²) in [6, 6.07) is 12.4. The molecule has 0 atom stereocenters. The number of amides is 2. The van der Waals surface area contributed by atoms with E-state index in [9.17, 15) is 18.8 Å². The van der Waals surface area contributed by atoms with Gasteiger partial charge in [0, 0.05) is 35.3 Å². The van der Waals surface area contributed by atoms with Crippen molar-refractivity contribution >= 4 is 45.6 Å². The smallest absolute Gasteiger partial charge is 0.281 e. The average Bonchev–Trinajstić information content (AvgIpc) is 3.22. The monoisotopic (exact) mass is 497 g/mol. The van der Waals surface area contributed by atoms with E-state index in [1.165, 1.54) is 29.8 Å². The summed E-state index contributed by atoms with van der Waals surface area (Å²) in [5.41, 5.74) is 0.924. The van der Waals surface area contributed by atoms with Crippen LogP contribution in [0.2, 0.25) is 5.02 Å². The van der Waals surface area contributed by atoms with Crippen molar-refractivity contribution in [3.05, 3.63) is 86.4 Å². The number of nitrogens with one attached hydrogen (secondary N) is 2. The van der Waals surface area contributed by atoms with Crippen LogP contribution in [-0.4, -0.2) is 26.6 Å². The van der Waals surface area contributed by atoms with Crippen molar-refractivity contribution in [1.82, 2.24) is 14.8 Å². The van der Waals surface area contributed by atoms with Gasteiger partial charge in [0.25, 0.3) is 5.91 Å².